The Labute approximate surface area is 194 Å². The molecular weight excluding hydrogens is 427 g/mol. The SMILES string of the molecule is O=C(O)CCC(=O)NCCNC(=O)c1cc(F)c(NC2CCCCC2)cc1NC1CCCC1. The summed E-state index contributed by atoms with van der Waals surface area (Å²) in [6.45, 7) is 0.323. The van der Waals surface area contributed by atoms with Crippen molar-refractivity contribution in [2.45, 2.75) is 82.7 Å². The summed E-state index contributed by atoms with van der Waals surface area (Å²) < 4.78 is 14.9. The number of halogens is 1. The summed E-state index contributed by atoms with van der Waals surface area (Å²) in [7, 11) is 0. The molecule has 2 fully saturated rings. The fraction of sp³-hybridized carbons (Fsp3) is 0.625. The largest absolute Gasteiger partial charge is 0.481 e. The first-order chi connectivity index (χ1) is 15.9. The van der Waals surface area contributed by atoms with Gasteiger partial charge in [0.15, 0.2) is 0 Å². The van der Waals surface area contributed by atoms with Crippen LogP contribution >= 0.6 is 0 Å². The summed E-state index contributed by atoms with van der Waals surface area (Å²) in [6.07, 6.45) is 9.49. The highest BCUT2D eigenvalue weighted by Gasteiger charge is 2.22. The monoisotopic (exact) mass is 462 g/mol. The number of hydrogen-bond acceptors (Lipinski definition) is 5. The lowest BCUT2D eigenvalue weighted by atomic mass is 9.95. The van der Waals surface area contributed by atoms with Crippen LogP contribution in [0.3, 0.4) is 0 Å². The van der Waals surface area contributed by atoms with E-state index >= 15 is 0 Å². The molecule has 9 heteroatoms. The third-order valence-electron chi connectivity index (χ3n) is 6.33. The van der Waals surface area contributed by atoms with Crippen molar-refractivity contribution in [1.82, 2.24) is 10.6 Å². The lowest BCUT2D eigenvalue weighted by Gasteiger charge is -2.25. The highest BCUT2D eigenvalue weighted by molar-refractivity contribution is 6.00. The molecule has 0 bridgehead atoms. The maximum absolute atomic E-state index is 14.9. The molecule has 1 aromatic rings. The average Bonchev–Trinajstić information content (AvgIpc) is 3.31. The van der Waals surface area contributed by atoms with E-state index in [1.165, 1.54) is 12.5 Å². The second-order valence-electron chi connectivity index (χ2n) is 8.98. The van der Waals surface area contributed by atoms with E-state index in [1.807, 2.05) is 0 Å². The van der Waals surface area contributed by atoms with Crippen LogP contribution in [-0.2, 0) is 9.59 Å². The number of carboxylic acid groups (broad SMARTS) is 1. The number of aliphatic carboxylic acids is 1. The van der Waals surface area contributed by atoms with Crippen molar-refractivity contribution in [2.24, 2.45) is 0 Å². The van der Waals surface area contributed by atoms with Gasteiger partial charge in [-0.1, -0.05) is 32.1 Å². The van der Waals surface area contributed by atoms with E-state index in [0.29, 0.717) is 11.4 Å². The van der Waals surface area contributed by atoms with Gasteiger partial charge in [-0.15, -0.1) is 0 Å². The Morgan fingerprint density at radius 2 is 1.39 bits per heavy atom. The molecule has 182 valence electrons. The first-order valence-electron chi connectivity index (χ1n) is 12.1. The van der Waals surface area contributed by atoms with Gasteiger partial charge in [-0.05, 0) is 37.8 Å². The van der Waals surface area contributed by atoms with Crippen molar-refractivity contribution in [3.8, 4) is 0 Å². The van der Waals surface area contributed by atoms with E-state index in [1.54, 1.807) is 6.07 Å². The third-order valence-corrected chi connectivity index (χ3v) is 6.33. The molecule has 0 saturated heterocycles. The highest BCUT2D eigenvalue weighted by Crippen LogP contribution is 2.30. The molecule has 33 heavy (non-hydrogen) atoms. The fourth-order valence-electron chi connectivity index (χ4n) is 4.53. The second-order valence-corrected chi connectivity index (χ2v) is 8.98. The zero-order chi connectivity index (χ0) is 23.6. The van der Waals surface area contributed by atoms with Crippen LogP contribution in [0.1, 0.15) is 81.0 Å². The Hall–Kier alpha value is -2.84. The molecule has 2 saturated carbocycles. The Bertz CT molecular complexity index is 836. The number of carbonyl (C=O) groups is 3. The molecule has 8 nitrogen and oxygen atoms in total. The highest BCUT2D eigenvalue weighted by atomic mass is 19.1. The first kappa shape index (κ1) is 24.8. The minimum Gasteiger partial charge on any atom is -0.481 e. The smallest absolute Gasteiger partial charge is 0.303 e. The number of carbonyl (C=O) groups excluding carboxylic acids is 2. The number of anilines is 2. The van der Waals surface area contributed by atoms with E-state index in [2.05, 4.69) is 21.3 Å². The number of rotatable bonds is 11. The summed E-state index contributed by atoms with van der Waals surface area (Å²) in [4.78, 5) is 34.9. The van der Waals surface area contributed by atoms with Gasteiger partial charge in [0.05, 0.1) is 17.7 Å². The molecule has 0 radical (unpaired) electrons. The van der Waals surface area contributed by atoms with Crippen LogP contribution < -0.4 is 21.3 Å². The van der Waals surface area contributed by atoms with Crippen LogP contribution in [0, 0.1) is 5.82 Å². The van der Waals surface area contributed by atoms with Crippen LogP contribution in [-0.4, -0.2) is 48.1 Å². The summed E-state index contributed by atoms with van der Waals surface area (Å²) in [5.41, 5.74) is 1.28. The summed E-state index contributed by atoms with van der Waals surface area (Å²) in [6, 6.07) is 3.50. The topological polar surface area (TPSA) is 120 Å². The Kier molecular flexibility index (Phi) is 9.33. The van der Waals surface area contributed by atoms with Crippen molar-refractivity contribution >= 4 is 29.2 Å². The summed E-state index contributed by atoms with van der Waals surface area (Å²) in [5, 5.41) is 20.7. The molecule has 2 amide bonds. The molecule has 5 N–H and O–H groups in total. The van der Waals surface area contributed by atoms with Crippen molar-refractivity contribution in [3.63, 3.8) is 0 Å². The summed E-state index contributed by atoms with van der Waals surface area (Å²) >= 11 is 0. The molecule has 1 aromatic carbocycles. The van der Waals surface area contributed by atoms with Gasteiger partial charge >= 0.3 is 5.97 Å². The number of carboxylic acids is 1. The number of hydrogen-bond donors (Lipinski definition) is 5. The van der Waals surface area contributed by atoms with Crippen molar-refractivity contribution in [1.29, 1.82) is 0 Å². The minimum atomic E-state index is -1.04. The molecule has 0 aliphatic heterocycles. The molecule has 0 aromatic heterocycles. The predicted octanol–water partition coefficient (Wildman–Crippen LogP) is 3.64. The number of amides is 2. The molecule has 0 atom stereocenters. The van der Waals surface area contributed by atoms with Gasteiger partial charge in [0.1, 0.15) is 5.82 Å². The van der Waals surface area contributed by atoms with Gasteiger partial charge in [-0.2, -0.15) is 0 Å². The molecule has 0 spiro atoms. The van der Waals surface area contributed by atoms with E-state index < -0.39 is 17.7 Å². The molecule has 3 rings (SSSR count). The van der Waals surface area contributed by atoms with E-state index in [-0.39, 0.29) is 49.5 Å². The third kappa shape index (κ3) is 7.91. The van der Waals surface area contributed by atoms with Gasteiger partial charge in [0, 0.05) is 37.3 Å². The van der Waals surface area contributed by atoms with Crippen molar-refractivity contribution in [3.05, 3.63) is 23.5 Å². The van der Waals surface area contributed by atoms with Gasteiger partial charge < -0.3 is 26.4 Å². The van der Waals surface area contributed by atoms with Gasteiger partial charge in [-0.3, -0.25) is 14.4 Å². The molecule has 2 aliphatic carbocycles. The lowest BCUT2D eigenvalue weighted by molar-refractivity contribution is -0.138. The Morgan fingerprint density at radius 3 is 2.03 bits per heavy atom. The Morgan fingerprint density at radius 1 is 0.818 bits per heavy atom. The summed E-state index contributed by atoms with van der Waals surface area (Å²) in [5.74, 6) is -2.30. The van der Waals surface area contributed by atoms with Crippen LogP contribution in [0.15, 0.2) is 12.1 Å². The van der Waals surface area contributed by atoms with Gasteiger partial charge in [0.25, 0.3) is 5.91 Å². The maximum atomic E-state index is 14.9. The van der Waals surface area contributed by atoms with Crippen LogP contribution in [0.5, 0.6) is 0 Å². The maximum Gasteiger partial charge on any atom is 0.303 e. The van der Waals surface area contributed by atoms with Crippen LogP contribution in [0.25, 0.3) is 0 Å². The molecule has 2 aliphatic rings. The number of benzene rings is 1. The standard InChI is InChI=1S/C24H35FN4O4/c25-19-14-18(24(33)27-13-12-26-22(30)10-11-23(31)32)20(28-16-8-4-5-9-16)15-21(19)29-17-6-2-1-3-7-17/h14-17,28-29H,1-13H2,(H,26,30)(H,27,33)(H,31,32). The quantitative estimate of drug-likeness (QED) is 0.320. The normalized spacial score (nSPS) is 16.9. The van der Waals surface area contributed by atoms with Gasteiger partial charge in [0.2, 0.25) is 5.91 Å². The van der Waals surface area contributed by atoms with E-state index in [4.69, 9.17) is 5.11 Å². The van der Waals surface area contributed by atoms with Crippen LogP contribution in [0.2, 0.25) is 0 Å². The minimum absolute atomic E-state index is 0.112. The van der Waals surface area contributed by atoms with Crippen molar-refractivity contribution in [2.75, 3.05) is 23.7 Å². The lowest BCUT2D eigenvalue weighted by Crippen LogP contribution is -2.35. The molecule has 0 unspecified atom stereocenters. The fourth-order valence-corrected chi connectivity index (χ4v) is 4.53. The zero-order valence-electron chi connectivity index (χ0n) is 19.1. The van der Waals surface area contributed by atoms with E-state index in [9.17, 15) is 18.8 Å². The predicted molar refractivity (Wildman–Crippen MR) is 125 cm³/mol. The van der Waals surface area contributed by atoms with E-state index in [0.717, 1.165) is 51.4 Å². The first-order valence-corrected chi connectivity index (χ1v) is 12.1. The molecular formula is C24H35FN4O4. The zero-order valence-corrected chi connectivity index (χ0v) is 19.1. The average molecular weight is 463 g/mol. The Balaban J connectivity index is 1.62. The van der Waals surface area contributed by atoms with Crippen LogP contribution in [0.4, 0.5) is 15.8 Å². The van der Waals surface area contributed by atoms with Gasteiger partial charge in [-0.25, -0.2) is 4.39 Å². The van der Waals surface area contributed by atoms with Crippen molar-refractivity contribution < 1.29 is 23.9 Å². The number of nitrogens with one attached hydrogen (secondary N) is 4. The second kappa shape index (κ2) is 12.4. The molecule has 0 heterocycles.